The van der Waals surface area contributed by atoms with Gasteiger partial charge < -0.3 is 5.23 Å². The van der Waals surface area contributed by atoms with E-state index in [0.717, 1.165) is 0 Å². The van der Waals surface area contributed by atoms with Crippen LogP contribution in [-0.4, -0.2) is 21.1 Å². The summed E-state index contributed by atoms with van der Waals surface area (Å²) in [5.74, 6) is 0.205. The molecule has 0 rings (SSSR count). The summed E-state index contributed by atoms with van der Waals surface area (Å²) < 4.78 is 0. The van der Waals surface area contributed by atoms with Gasteiger partial charge in [-0.05, 0) is 5.31 Å². The Morgan fingerprint density at radius 3 is 1.85 bits per heavy atom. The molecule has 1 amide bonds. The van der Waals surface area contributed by atoms with E-state index in [1.54, 1.807) is 7.98 Å². The molecule has 0 aromatic rings. The highest BCUT2D eigenvalue weighted by atomic mass is 16.1. The molecule has 0 aliphatic heterocycles. The molecule has 0 saturated carbocycles. The Hall–Kier alpha value is -0.400. The SMILES string of the molecule is BNC(=O)BC(C)(CCCCCC)CCCCCCC. The molecule has 0 aromatic carbocycles. The van der Waals surface area contributed by atoms with Gasteiger partial charge in [-0.15, -0.1) is 0 Å². The first kappa shape index (κ1) is 19.6. The van der Waals surface area contributed by atoms with Crippen molar-refractivity contribution in [2.24, 2.45) is 0 Å². The molecule has 0 heterocycles. The lowest BCUT2D eigenvalue weighted by molar-refractivity contribution is 0.262. The Kier molecular flexibility index (Phi) is 12.1. The minimum Gasteiger partial charge on any atom is -0.415 e. The molecule has 0 aliphatic carbocycles. The molecule has 0 fully saturated rings. The van der Waals surface area contributed by atoms with Crippen molar-refractivity contribution in [1.82, 2.24) is 5.23 Å². The normalized spacial score (nSPS) is 13.8. The zero-order chi connectivity index (χ0) is 15.3. The van der Waals surface area contributed by atoms with Gasteiger partial charge in [0.2, 0.25) is 15.3 Å². The third kappa shape index (κ3) is 10.4. The van der Waals surface area contributed by atoms with E-state index in [9.17, 15) is 4.79 Å². The van der Waals surface area contributed by atoms with E-state index in [-0.39, 0.29) is 11.1 Å². The van der Waals surface area contributed by atoms with Gasteiger partial charge in [0.25, 0.3) is 0 Å². The maximum absolute atomic E-state index is 11.7. The number of carbonyl (C=O) groups is 1. The van der Waals surface area contributed by atoms with Gasteiger partial charge in [0.05, 0.1) is 0 Å². The number of amides is 1. The van der Waals surface area contributed by atoms with Crippen LogP contribution in [-0.2, 0) is 0 Å². The lowest BCUT2D eigenvalue weighted by Gasteiger charge is -2.28. The highest BCUT2D eigenvalue weighted by Gasteiger charge is 2.28. The van der Waals surface area contributed by atoms with Gasteiger partial charge in [-0.3, -0.25) is 4.79 Å². The second-order valence-corrected chi connectivity index (χ2v) is 6.64. The van der Waals surface area contributed by atoms with Crippen molar-refractivity contribution in [1.29, 1.82) is 0 Å². The summed E-state index contributed by atoms with van der Waals surface area (Å²) in [5, 5.41) is 3.00. The van der Waals surface area contributed by atoms with Crippen molar-refractivity contribution >= 4 is 21.1 Å². The fourth-order valence-corrected chi connectivity index (χ4v) is 2.91. The van der Waals surface area contributed by atoms with E-state index in [1.807, 2.05) is 0 Å². The van der Waals surface area contributed by atoms with Gasteiger partial charge in [-0.1, -0.05) is 91.4 Å². The summed E-state index contributed by atoms with van der Waals surface area (Å²) in [4.78, 5) is 11.7. The molecule has 1 atom stereocenters. The predicted octanol–water partition coefficient (Wildman–Crippen LogP) is 4.19. The number of nitrogens with one attached hydrogen (secondary N) is 1. The molecule has 0 radical (unpaired) electrons. The molecule has 1 N–H and O–H groups in total. The Bertz CT molecular complexity index is 249. The van der Waals surface area contributed by atoms with Gasteiger partial charge >= 0.3 is 0 Å². The fourth-order valence-electron chi connectivity index (χ4n) is 2.91. The summed E-state index contributed by atoms with van der Waals surface area (Å²) in [6.07, 6.45) is 14.2. The van der Waals surface area contributed by atoms with Crippen molar-refractivity contribution in [2.75, 3.05) is 0 Å². The summed E-state index contributed by atoms with van der Waals surface area (Å²) in [6.45, 7) is 6.81. The van der Waals surface area contributed by atoms with Crippen LogP contribution >= 0.6 is 0 Å². The summed E-state index contributed by atoms with van der Waals surface area (Å²) in [6, 6.07) is 0. The predicted molar refractivity (Wildman–Crippen MR) is 94.7 cm³/mol. The molecule has 0 aromatic heterocycles. The lowest BCUT2D eigenvalue weighted by atomic mass is 9.49. The van der Waals surface area contributed by atoms with E-state index >= 15 is 0 Å². The average Bonchev–Trinajstić information content (AvgIpc) is 2.43. The third-order valence-electron chi connectivity index (χ3n) is 4.38. The van der Waals surface area contributed by atoms with Crippen LogP contribution in [0.1, 0.15) is 91.4 Å². The zero-order valence-corrected chi connectivity index (χ0v) is 14.4. The maximum Gasteiger partial charge on any atom is 0.238 e. The number of hydrogen-bond donors (Lipinski definition) is 1. The Morgan fingerprint density at radius 2 is 1.40 bits per heavy atom. The minimum absolute atomic E-state index is 0.205. The van der Waals surface area contributed by atoms with E-state index in [0.29, 0.717) is 7.28 Å². The lowest BCUT2D eigenvalue weighted by Crippen LogP contribution is -2.32. The van der Waals surface area contributed by atoms with Crippen LogP contribution in [0.5, 0.6) is 0 Å². The molecule has 4 heteroatoms. The molecular weight excluding hydrogens is 244 g/mol. The van der Waals surface area contributed by atoms with Crippen LogP contribution in [0.3, 0.4) is 0 Å². The monoisotopic (exact) mass is 279 g/mol. The average molecular weight is 279 g/mol. The molecule has 116 valence electrons. The third-order valence-corrected chi connectivity index (χ3v) is 4.38. The van der Waals surface area contributed by atoms with Crippen LogP contribution in [0.15, 0.2) is 0 Å². The summed E-state index contributed by atoms with van der Waals surface area (Å²) in [7, 11) is 2.45. The van der Waals surface area contributed by atoms with Crippen molar-refractivity contribution in [3.05, 3.63) is 0 Å². The van der Waals surface area contributed by atoms with Crippen molar-refractivity contribution in [2.45, 2.75) is 96.7 Å². The van der Waals surface area contributed by atoms with E-state index in [2.05, 4.69) is 26.0 Å². The van der Waals surface area contributed by atoms with Gasteiger partial charge in [0, 0.05) is 0 Å². The van der Waals surface area contributed by atoms with Crippen LogP contribution < -0.4 is 5.23 Å². The van der Waals surface area contributed by atoms with Crippen LogP contribution in [0.4, 0.5) is 4.79 Å². The first-order valence-electron chi connectivity index (χ1n) is 8.78. The molecule has 20 heavy (non-hydrogen) atoms. The number of rotatable bonds is 13. The highest BCUT2D eigenvalue weighted by Crippen LogP contribution is 2.37. The van der Waals surface area contributed by atoms with E-state index in [1.165, 1.54) is 70.6 Å². The highest BCUT2D eigenvalue weighted by molar-refractivity contribution is 6.77. The quantitative estimate of drug-likeness (QED) is 0.397. The molecular formula is C16H35B2NO. The second kappa shape index (κ2) is 12.3. The molecule has 0 saturated heterocycles. The first-order valence-corrected chi connectivity index (χ1v) is 8.78. The van der Waals surface area contributed by atoms with Crippen LogP contribution in [0, 0.1) is 0 Å². The smallest absolute Gasteiger partial charge is 0.238 e. The summed E-state index contributed by atoms with van der Waals surface area (Å²) in [5.41, 5.74) is 0. The van der Waals surface area contributed by atoms with E-state index in [4.69, 9.17) is 0 Å². The van der Waals surface area contributed by atoms with Crippen LogP contribution in [0.2, 0.25) is 5.31 Å². The topological polar surface area (TPSA) is 29.1 Å². The van der Waals surface area contributed by atoms with Gasteiger partial charge in [0.1, 0.15) is 0 Å². The Morgan fingerprint density at radius 1 is 0.950 bits per heavy atom. The second-order valence-electron chi connectivity index (χ2n) is 6.64. The number of hydrogen-bond acceptors (Lipinski definition) is 1. The van der Waals surface area contributed by atoms with Gasteiger partial charge in [-0.2, -0.15) is 0 Å². The van der Waals surface area contributed by atoms with Crippen molar-refractivity contribution < 1.29 is 4.79 Å². The molecule has 0 aliphatic rings. The largest absolute Gasteiger partial charge is 0.415 e. The van der Waals surface area contributed by atoms with Crippen molar-refractivity contribution in [3.8, 4) is 0 Å². The number of unbranched alkanes of at least 4 members (excludes halogenated alkanes) is 7. The molecule has 0 bridgehead atoms. The van der Waals surface area contributed by atoms with Gasteiger partial charge in [-0.25, -0.2) is 0 Å². The van der Waals surface area contributed by atoms with Crippen LogP contribution in [0.25, 0.3) is 0 Å². The minimum atomic E-state index is 0.205. The van der Waals surface area contributed by atoms with Gasteiger partial charge in [0.15, 0.2) is 5.81 Å². The molecule has 2 nitrogen and oxygen atoms in total. The first-order chi connectivity index (χ1) is 9.58. The van der Waals surface area contributed by atoms with E-state index < -0.39 is 0 Å². The molecule has 0 spiro atoms. The summed E-state index contributed by atoms with van der Waals surface area (Å²) >= 11 is 0. The fraction of sp³-hybridized carbons (Fsp3) is 0.938. The maximum atomic E-state index is 11.7. The standard InChI is InChI=1S/C16H35B2NO/c1-4-6-8-10-12-14-16(3,18-15(20)19-17)13-11-9-7-5-2/h18H,4-14,17H2,1-3H3,(H,19,20). The number of carbonyl (C=O) groups excluding carboxylic acids is 1. The Balaban J connectivity index is 4.12. The van der Waals surface area contributed by atoms with Crippen molar-refractivity contribution in [3.63, 3.8) is 0 Å². The Labute approximate surface area is 128 Å². The molecule has 1 unspecified atom stereocenters. The zero-order valence-electron chi connectivity index (χ0n) is 14.4.